The number of hydrogen-bond acceptors (Lipinski definition) is 2. The molecule has 0 radical (unpaired) electrons. The van der Waals surface area contributed by atoms with Gasteiger partial charge >= 0.3 is 0 Å². The highest BCUT2D eigenvalue weighted by molar-refractivity contribution is 5.85. The van der Waals surface area contributed by atoms with Gasteiger partial charge in [0.25, 0.3) is 0 Å². The number of anilines is 1. The van der Waals surface area contributed by atoms with Crippen LogP contribution in [0.15, 0.2) is 24.3 Å². The summed E-state index contributed by atoms with van der Waals surface area (Å²) in [6, 6.07) is 7.57. The van der Waals surface area contributed by atoms with Crippen LogP contribution in [0.1, 0.15) is 38.2 Å². The van der Waals surface area contributed by atoms with Gasteiger partial charge in [0.1, 0.15) is 0 Å². The molecule has 0 bridgehead atoms. The maximum absolute atomic E-state index is 12.2. The Balaban J connectivity index is 0.00000220. The number of likely N-dealkylation sites (N-methyl/N-ethyl adjacent to an activating group) is 1. The Bertz CT molecular complexity index is 439. The van der Waals surface area contributed by atoms with Crippen molar-refractivity contribution in [2.24, 2.45) is 11.8 Å². The number of nitrogens with zero attached hydrogens (tertiary/aromatic N) is 1. The molecule has 4 heteroatoms. The predicted molar refractivity (Wildman–Crippen MR) is 90.6 cm³/mol. The number of nitrogen functional groups attached to an aromatic ring is 1. The van der Waals surface area contributed by atoms with Crippen molar-refractivity contribution >= 4 is 24.0 Å². The minimum Gasteiger partial charge on any atom is -0.399 e. The highest BCUT2D eigenvalue weighted by Gasteiger charge is 2.21. The van der Waals surface area contributed by atoms with Gasteiger partial charge in [-0.1, -0.05) is 31.9 Å². The van der Waals surface area contributed by atoms with Crippen LogP contribution in [-0.4, -0.2) is 24.4 Å². The van der Waals surface area contributed by atoms with E-state index < -0.39 is 0 Å². The maximum Gasteiger partial charge on any atom is 0.226 e. The Morgan fingerprint density at radius 3 is 2.33 bits per heavy atom. The first-order valence-corrected chi connectivity index (χ1v) is 7.63. The second-order valence-corrected chi connectivity index (χ2v) is 6.32. The molecule has 0 unspecified atom stereocenters. The lowest BCUT2D eigenvalue weighted by Gasteiger charge is -2.29. The van der Waals surface area contributed by atoms with Crippen LogP contribution >= 0.6 is 12.4 Å². The van der Waals surface area contributed by atoms with Gasteiger partial charge in [-0.15, -0.1) is 12.4 Å². The van der Waals surface area contributed by atoms with Crippen LogP contribution in [0.5, 0.6) is 0 Å². The van der Waals surface area contributed by atoms with Crippen molar-refractivity contribution in [3.63, 3.8) is 0 Å². The van der Waals surface area contributed by atoms with E-state index in [0.29, 0.717) is 12.3 Å². The molecule has 118 valence electrons. The van der Waals surface area contributed by atoms with Crippen LogP contribution in [0, 0.1) is 11.8 Å². The molecule has 0 aromatic heterocycles. The Kier molecular flexibility index (Phi) is 7.03. The fraction of sp³-hybridized carbons (Fsp3) is 0.588. The molecule has 2 rings (SSSR count). The number of amides is 1. The zero-order valence-corrected chi connectivity index (χ0v) is 13.9. The van der Waals surface area contributed by atoms with Crippen LogP contribution in [0.2, 0.25) is 0 Å². The van der Waals surface area contributed by atoms with E-state index in [4.69, 9.17) is 5.73 Å². The second-order valence-electron chi connectivity index (χ2n) is 6.32. The van der Waals surface area contributed by atoms with E-state index in [9.17, 15) is 4.79 Å². The Morgan fingerprint density at radius 1 is 1.19 bits per heavy atom. The Hall–Kier alpha value is -1.22. The standard InChI is InChI=1S/C17H26N2O.ClH/c1-13-3-5-15(6-4-13)12-19(2)17(20)11-14-7-9-16(18)10-8-14;/h7-10,13,15H,3-6,11-12,18H2,1-2H3;1H. The first-order chi connectivity index (χ1) is 9.54. The van der Waals surface area contributed by atoms with Crippen LogP contribution in [0.4, 0.5) is 5.69 Å². The third-order valence-corrected chi connectivity index (χ3v) is 4.43. The van der Waals surface area contributed by atoms with E-state index in [-0.39, 0.29) is 18.3 Å². The summed E-state index contributed by atoms with van der Waals surface area (Å²) in [5.74, 6) is 1.75. The third kappa shape index (κ3) is 5.58. The number of halogens is 1. The molecule has 0 saturated heterocycles. The lowest BCUT2D eigenvalue weighted by Crippen LogP contribution is -2.34. The van der Waals surface area contributed by atoms with Crippen molar-refractivity contribution in [3.8, 4) is 0 Å². The number of hydrogen-bond donors (Lipinski definition) is 1. The molecule has 2 N–H and O–H groups in total. The normalized spacial score (nSPS) is 21.4. The van der Waals surface area contributed by atoms with Gasteiger partial charge in [-0.3, -0.25) is 4.79 Å². The van der Waals surface area contributed by atoms with Gasteiger partial charge in [-0.25, -0.2) is 0 Å². The minimum atomic E-state index is 0. The number of carbonyl (C=O) groups is 1. The van der Waals surface area contributed by atoms with Crippen molar-refractivity contribution < 1.29 is 4.79 Å². The van der Waals surface area contributed by atoms with Crippen molar-refractivity contribution in [2.45, 2.75) is 39.0 Å². The summed E-state index contributed by atoms with van der Waals surface area (Å²) >= 11 is 0. The topological polar surface area (TPSA) is 46.3 Å². The van der Waals surface area contributed by atoms with E-state index in [0.717, 1.165) is 23.7 Å². The average Bonchev–Trinajstić information content (AvgIpc) is 2.44. The zero-order valence-electron chi connectivity index (χ0n) is 13.0. The number of rotatable bonds is 4. The molecular formula is C17H27ClN2O. The third-order valence-electron chi connectivity index (χ3n) is 4.43. The van der Waals surface area contributed by atoms with Gasteiger partial charge in [0.2, 0.25) is 5.91 Å². The van der Waals surface area contributed by atoms with Gasteiger partial charge in [-0.2, -0.15) is 0 Å². The minimum absolute atomic E-state index is 0. The van der Waals surface area contributed by atoms with Crippen molar-refractivity contribution in [1.82, 2.24) is 4.90 Å². The van der Waals surface area contributed by atoms with Gasteiger partial charge in [0, 0.05) is 19.3 Å². The van der Waals surface area contributed by atoms with Gasteiger partial charge in [0.15, 0.2) is 0 Å². The fourth-order valence-corrected chi connectivity index (χ4v) is 2.95. The maximum atomic E-state index is 12.2. The Labute approximate surface area is 134 Å². The first-order valence-electron chi connectivity index (χ1n) is 7.63. The second kappa shape index (κ2) is 8.28. The van der Waals surface area contributed by atoms with Crippen molar-refractivity contribution in [2.75, 3.05) is 19.3 Å². The molecule has 1 saturated carbocycles. The predicted octanol–water partition coefficient (Wildman–Crippen LogP) is 3.52. The molecule has 1 fully saturated rings. The summed E-state index contributed by atoms with van der Waals surface area (Å²) in [7, 11) is 1.93. The lowest BCUT2D eigenvalue weighted by atomic mass is 9.83. The quantitative estimate of drug-likeness (QED) is 0.865. The van der Waals surface area contributed by atoms with Crippen molar-refractivity contribution in [1.29, 1.82) is 0 Å². The Morgan fingerprint density at radius 2 is 1.76 bits per heavy atom. The largest absolute Gasteiger partial charge is 0.399 e. The van der Waals surface area contributed by atoms with E-state index >= 15 is 0 Å². The lowest BCUT2D eigenvalue weighted by molar-refractivity contribution is -0.129. The average molecular weight is 311 g/mol. The molecule has 0 aliphatic heterocycles. The molecule has 21 heavy (non-hydrogen) atoms. The van der Waals surface area contributed by atoms with Crippen LogP contribution in [0.3, 0.4) is 0 Å². The summed E-state index contributed by atoms with van der Waals surface area (Å²) in [5, 5.41) is 0. The fourth-order valence-electron chi connectivity index (χ4n) is 2.95. The summed E-state index contributed by atoms with van der Waals surface area (Å²) < 4.78 is 0. The number of carbonyl (C=O) groups excluding carboxylic acids is 1. The molecule has 0 heterocycles. The van der Waals surface area contributed by atoms with Crippen molar-refractivity contribution in [3.05, 3.63) is 29.8 Å². The molecule has 3 nitrogen and oxygen atoms in total. The van der Waals surface area contributed by atoms with E-state index in [1.165, 1.54) is 25.7 Å². The molecule has 1 aromatic carbocycles. The van der Waals surface area contributed by atoms with Gasteiger partial charge < -0.3 is 10.6 Å². The van der Waals surface area contributed by atoms with Crippen LogP contribution in [-0.2, 0) is 11.2 Å². The number of nitrogens with two attached hydrogens (primary N) is 1. The summed E-state index contributed by atoms with van der Waals surface area (Å²) in [6.07, 6.45) is 5.62. The number of benzene rings is 1. The van der Waals surface area contributed by atoms with Gasteiger partial charge in [0.05, 0.1) is 6.42 Å². The molecule has 0 spiro atoms. The van der Waals surface area contributed by atoms with E-state index in [1.807, 2.05) is 36.2 Å². The van der Waals surface area contributed by atoms with Gasteiger partial charge in [-0.05, 0) is 42.4 Å². The molecule has 1 aromatic rings. The van der Waals surface area contributed by atoms with Crippen LogP contribution in [0.25, 0.3) is 0 Å². The molecular weight excluding hydrogens is 284 g/mol. The SMILES string of the molecule is CC1CCC(CN(C)C(=O)Cc2ccc(N)cc2)CC1.Cl. The van der Waals surface area contributed by atoms with E-state index in [2.05, 4.69) is 6.92 Å². The first kappa shape index (κ1) is 17.8. The highest BCUT2D eigenvalue weighted by Crippen LogP contribution is 2.28. The van der Waals surface area contributed by atoms with Crippen LogP contribution < -0.4 is 5.73 Å². The monoisotopic (exact) mass is 310 g/mol. The molecule has 0 atom stereocenters. The van der Waals surface area contributed by atoms with E-state index in [1.54, 1.807) is 0 Å². The summed E-state index contributed by atoms with van der Waals surface area (Å²) in [5.41, 5.74) is 7.43. The highest BCUT2D eigenvalue weighted by atomic mass is 35.5. The molecule has 1 aliphatic rings. The zero-order chi connectivity index (χ0) is 14.5. The summed E-state index contributed by atoms with van der Waals surface area (Å²) in [4.78, 5) is 14.1. The summed E-state index contributed by atoms with van der Waals surface area (Å²) in [6.45, 7) is 3.23. The molecule has 1 amide bonds. The molecule has 1 aliphatic carbocycles. The smallest absolute Gasteiger partial charge is 0.226 e.